The molecule has 1 aliphatic rings. The van der Waals surface area contributed by atoms with E-state index in [2.05, 4.69) is 12.2 Å². The lowest BCUT2D eigenvalue weighted by molar-refractivity contribution is 0.201. The number of nitrogens with one attached hydrogen (secondary N) is 1. The van der Waals surface area contributed by atoms with Gasteiger partial charge in [-0.05, 0) is 49.4 Å². The van der Waals surface area contributed by atoms with Crippen LogP contribution in [0.25, 0.3) is 0 Å². The van der Waals surface area contributed by atoms with Gasteiger partial charge in [-0.2, -0.15) is 0 Å². The van der Waals surface area contributed by atoms with Gasteiger partial charge in [-0.3, -0.25) is 0 Å². The maximum absolute atomic E-state index is 8.74. The molecular weight excluding hydrogens is 296 g/mol. The lowest BCUT2D eigenvalue weighted by Crippen LogP contribution is -2.09. The normalized spacial score (nSPS) is 17.1. The van der Waals surface area contributed by atoms with Crippen molar-refractivity contribution in [3.8, 4) is 5.75 Å². The summed E-state index contributed by atoms with van der Waals surface area (Å²) in [6, 6.07) is 7.80. The smallest absolute Gasteiger partial charge is 0.119 e. The Morgan fingerprint density at radius 1 is 1.36 bits per heavy atom. The van der Waals surface area contributed by atoms with Gasteiger partial charge < -0.3 is 15.2 Å². The monoisotopic (exact) mass is 318 g/mol. The molecule has 1 atom stereocenters. The highest BCUT2D eigenvalue weighted by Crippen LogP contribution is 2.30. The first-order chi connectivity index (χ1) is 10.7. The fraction of sp³-hybridized carbons (Fsp3) is 0.471. The van der Waals surface area contributed by atoms with Crippen LogP contribution in [0, 0.1) is 5.92 Å². The molecule has 118 valence electrons. The van der Waals surface area contributed by atoms with Crippen molar-refractivity contribution in [2.75, 3.05) is 18.5 Å². The molecule has 2 N–H and O–H groups in total. The Kier molecular flexibility index (Phi) is 4.95. The van der Waals surface area contributed by atoms with Crippen LogP contribution < -0.4 is 10.1 Å². The predicted octanol–water partition coefficient (Wildman–Crippen LogP) is 3.25. The van der Waals surface area contributed by atoms with Crippen molar-refractivity contribution in [3.63, 3.8) is 0 Å². The van der Waals surface area contributed by atoms with Gasteiger partial charge in [0.2, 0.25) is 0 Å². The molecule has 0 spiro atoms. The summed E-state index contributed by atoms with van der Waals surface area (Å²) in [4.78, 5) is 6.24. The van der Waals surface area contributed by atoms with Crippen LogP contribution in [0.1, 0.15) is 28.9 Å². The highest BCUT2D eigenvalue weighted by atomic mass is 32.1. The lowest BCUT2D eigenvalue weighted by atomic mass is 9.93. The topological polar surface area (TPSA) is 54.4 Å². The van der Waals surface area contributed by atoms with E-state index >= 15 is 0 Å². The number of ether oxygens (including phenoxy) is 1. The molecule has 0 aliphatic heterocycles. The van der Waals surface area contributed by atoms with E-state index in [0.29, 0.717) is 6.61 Å². The summed E-state index contributed by atoms with van der Waals surface area (Å²) in [5.41, 5.74) is 2.37. The number of aliphatic hydroxyl groups is 1. The number of hydrogen-bond acceptors (Lipinski definition) is 5. The summed E-state index contributed by atoms with van der Waals surface area (Å²) in [6.45, 7) is 3.45. The SMILES string of the molecule is CC1CCc2nc(CNc3ccc(OCCO)cc3)sc2C1. The maximum atomic E-state index is 8.74. The van der Waals surface area contributed by atoms with Crippen molar-refractivity contribution < 1.29 is 9.84 Å². The number of hydrogen-bond donors (Lipinski definition) is 2. The van der Waals surface area contributed by atoms with Crippen LogP contribution >= 0.6 is 11.3 Å². The number of aliphatic hydroxyl groups excluding tert-OH is 1. The Bertz CT molecular complexity index is 610. The maximum Gasteiger partial charge on any atom is 0.119 e. The van der Waals surface area contributed by atoms with E-state index < -0.39 is 0 Å². The molecular formula is C17H22N2O2S. The number of thiazole rings is 1. The van der Waals surface area contributed by atoms with Crippen LogP contribution in [-0.2, 0) is 19.4 Å². The zero-order valence-electron chi connectivity index (χ0n) is 12.8. The van der Waals surface area contributed by atoms with Crippen molar-refractivity contribution >= 4 is 17.0 Å². The fourth-order valence-corrected chi connectivity index (χ4v) is 3.90. The van der Waals surface area contributed by atoms with Crippen LogP contribution in [0.5, 0.6) is 5.75 Å². The summed E-state index contributed by atoms with van der Waals surface area (Å²) < 4.78 is 5.35. The van der Waals surface area contributed by atoms with Gasteiger partial charge in [0.05, 0.1) is 18.8 Å². The van der Waals surface area contributed by atoms with Gasteiger partial charge in [0.25, 0.3) is 0 Å². The molecule has 1 unspecified atom stereocenters. The minimum absolute atomic E-state index is 0.0351. The number of benzene rings is 1. The Morgan fingerprint density at radius 3 is 2.95 bits per heavy atom. The molecule has 0 saturated carbocycles. The molecule has 0 bridgehead atoms. The molecule has 5 heteroatoms. The van der Waals surface area contributed by atoms with Gasteiger partial charge >= 0.3 is 0 Å². The van der Waals surface area contributed by atoms with Crippen LogP contribution in [0.4, 0.5) is 5.69 Å². The van der Waals surface area contributed by atoms with E-state index in [4.69, 9.17) is 14.8 Å². The number of aromatic nitrogens is 1. The summed E-state index contributed by atoms with van der Waals surface area (Å²) >= 11 is 1.85. The van der Waals surface area contributed by atoms with E-state index in [-0.39, 0.29) is 6.61 Å². The second kappa shape index (κ2) is 7.11. The second-order valence-corrected chi connectivity index (χ2v) is 6.94. The molecule has 1 heterocycles. The third-order valence-electron chi connectivity index (χ3n) is 3.89. The average molecular weight is 318 g/mol. The van der Waals surface area contributed by atoms with Crippen LogP contribution in [0.15, 0.2) is 24.3 Å². The standard InChI is InChI=1S/C17H22N2O2S/c1-12-2-7-15-16(10-12)22-17(19-15)11-18-13-3-5-14(6-4-13)21-9-8-20/h3-6,12,18,20H,2,7-11H2,1H3. The summed E-state index contributed by atoms with van der Waals surface area (Å²) in [5.74, 6) is 1.57. The summed E-state index contributed by atoms with van der Waals surface area (Å²) in [5, 5.41) is 13.3. The molecule has 3 rings (SSSR count). The molecule has 2 aromatic rings. The molecule has 1 aromatic heterocycles. The number of aryl methyl sites for hydroxylation is 1. The molecule has 1 aromatic carbocycles. The van der Waals surface area contributed by atoms with Crippen LogP contribution in [-0.4, -0.2) is 23.3 Å². The Balaban J connectivity index is 1.56. The van der Waals surface area contributed by atoms with Crippen molar-refractivity contribution in [2.24, 2.45) is 5.92 Å². The minimum Gasteiger partial charge on any atom is -0.491 e. The molecule has 0 saturated heterocycles. The third kappa shape index (κ3) is 3.78. The van der Waals surface area contributed by atoms with Crippen molar-refractivity contribution in [2.45, 2.75) is 32.7 Å². The van der Waals surface area contributed by atoms with Crippen molar-refractivity contribution in [3.05, 3.63) is 39.8 Å². The third-order valence-corrected chi connectivity index (χ3v) is 5.01. The van der Waals surface area contributed by atoms with E-state index in [1.54, 1.807) is 0 Å². The molecule has 0 fully saturated rings. The van der Waals surface area contributed by atoms with Gasteiger partial charge in [0.15, 0.2) is 0 Å². The first-order valence-electron chi connectivity index (χ1n) is 7.79. The predicted molar refractivity (Wildman–Crippen MR) is 89.7 cm³/mol. The van der Waals surface area contributed by atoms with Crippen molar-refractivity contribution in [1.29, 1.82) is 0 Å². The lowest BCUT2D eigenvalue weighted by Gasteiger charge is -2.15. The molecule has 0 amide bonds. The second-order valence-electron chi connectivity index (χ2n) is 5.78. The van der Waals surface area contributed by atoms with Gasteiger partial charge in [0.1, 0.15) is 17.4 Å². The van der Waals surface area contributed by atoms with E-state index in [0.717, 1.165) is 30.3 Å². The largest absolute Gasteiger partial charge is 0.491 e. The fourth-order valence-electron chi connectivity index (χ4n) is 2.68. The van der Waals surface area contributed by atoms with Crippen LogP contribution in [0.3, 0.4) is 0 Å². The molecule has 22 heavy (non-hydrogen) atoms. The quantitative estimate of drug-likeness (QED) is 0.858. The summed E-state index contributed by atoms with van der Waals surface area (Å²) in [6.07, 6.45) is 3.58. The summed E-state index contributed by atoms with van der Waals surface area (Å²) in [7, 11) is 0. The Labute approximate surface area is 135 Å². The molecule has 4 nitrogen and oxygen atoms in total. The van der Waals surface area contributed by atoms with Gasteiger partial charge in [-0.25, -0.2) is 4.98 Å². The van der Waals surface area contributed by atoms with Gasteiger partial charge in [0, 0.05) is 10.6 Å². The molecule has 0 radical (unpaired) electrons. The number of nitrogens with zero attached hydrogens (tertiary/aromatic N) is 1. The van der Waals surface area contributed by atoms with Crippen molar-refractivity contribution in [1.82, 2.24) is 4.98 Å². The highest BCUT2D eigenvalue weighted by Gasteiger charge is 2.19. The first kappa shape index (κ1) is 15.3. The zero-order chi connectivity index (χ0) is 15.4. The van der Waals surface area contributed by atoms with Gasteiger partial charge in [-0.15, -0.1) is 11.3 Å². The zero-order valence-corrected chi connectivity index (χ0v) is 13.7. The first-order valence-corrected chi connectivity index (χ1v) is 8.61. The number of fused-ring (bicyclic) bond motifs is 1. The Hall–Kier alpha value is -1.59. The highest BCUT2D eigenvalue weighted by molar-refractivity contribution is 7.11. The average Bonchev–Trinajstić information content (AvgIpc) is 2.94. The van der Waals surface area contributed by atoms with Crippen LogP contribution in [0.2, 0.25) is 0 Å². The molecule has 1 aliphatic carbocycles. The number of rotatable bonds is 6. The number of anilines is 1. The van der Waals surface area contributed by atoms with E-state index in [1.165, 1.54) is 28.4 Å². The van der Waals surface area contributed by atoms with E-state index in [1.807, 2.05) is 35.6 Å². The minimum atomic E-state index is 0.0351. The Morgan fingerprint density at radius 2 is 2.18 bits per heavy atom. The van der Waals surface area contributed by atoms with Gasteiger partial charge in [-0.1, -0.05) is 6.92 Å². The van der Waals surface area contributed by atoms with E-state index in [9.17, 15) is 0 Å².